The number of carbonyl (C=O) groups excluding carboxylic acids is 1. The van der Waals surface area contributed by atoms with E-state index < -0.39 is 0 Å². The van der Waals surface area contributed by atoms with Crippen molar-refractivity contribution in [1.82, 2.24) is 15.3 Å². The molecule has 3 rings (SSSR count). The van der Waals surface area contributed by atoms with Crippen LogP contribution >= 0.6 is 0 Å². The lowest BCUT2D eigenvalue weighted by Crippen LogP contribution is -2.27. The van der Waals surface area contributed by atoms with Gasteiger partial charge in [0.25, 0.3) is 5.91 Å². The molecule has 1 saturated carbocycles. The molecule has 1 heterocycles. The number of hydrogen-bond donors (Lipinski definition) is 1. The van der Waals surface area contributed by atoms with E-state index >= 15 is 0 Å². The molecule has 0 saturated heterocycles. The minimum Gasteiger partial charge on any atom is -0.352 e. The van der Waals surface area contributed by atoms with Crippen LogP contribution in [0.4, 0.5) is 0 Å². The molecule has 4 heteroatoms. The summed E-state index contributed by atoms with van der Waals surface area (Å²) in [5.41, 5.74) is 2.56. The Morgan fingerprint density at radius 2 is 2.05 bits per heavy atom. The molecule has 4 nitrogen and oxygen atoms in total. The predicted octanol–water partition coefficient (Wildman–Crippen LogP) is 2.63. The van der Waals surface area contributed by atoms with E-state index in [1.165, 1.54) is 18.4 Å². The van der Waals surface area contributed by atoms with Crippen molar-refractivity contribution in [2.75, 3.05) is 6.54 Å². The number of amides is 1. The molecule has 0 aliphatic heterocycles. The van der Waals surface area contributed by atoms with Crippen LogP contribution in [0.15, 0.2) is 36.5 Å². The monoisotopic (exact) mass is 281 g/mol. The van der Waals surface area contributed by atoms with Crippen molar-refractivity contribution in [2.24, 2.45) is 0 Å². The molecule has 0 atom stereocenters. The van der Waals surface area contributed by atoms with Crippen molar-refractivity contribution in [3.05, 3.63) is 59.2 Å². The summed E-state index contributed by atoms with van der Waals surface area (Å²) in [5, 5.41) is 2.93. The third kappa shape index (κ3) is 3.45. The van der Waals surface area contributed by atoms with Gasteiger partial charge in [0.1, 0.15) is 5.82 Å². The van der Waals surface area contributed by atoms with Crippen molar-refractivity contribution in [3.63, 3.8) is 0 Å². The first-order valence-corrected chi connectivity index (χ1v) is 7.39. The Labute approximate surface area is 124 Å². The van der Waals surface area contributed by atoms with E-state index in [-0.39, 0.29) is 5.91 Å². The van der Waals surface area contributed by atoms with Crippen molar-refractivity contribution in [3.8, 4) is 0 Å². The van der Waals surface area contributed by atoms with Crippen LogP contribution in [-0.2, 0) is 6.42 Å². The van der Waals surface area contributed by atoms with Gasteiger partial charge >= 0.3 is 0 Å². The largest absolute Gasteiger partial charge is 0.352 e. The molecular weight excluding hydrogens is 262 g/mol. The summed E-state index contributed by atoms with van der Waals surface area (Å²) in [7, 11) is 0. The fourth-order valence-corrected chi connectivity index (χ4v) is 2.31. The molecule has 1 aliphatic carbocycles. The second-order valence-corrected chi connectivity index (χ2v) is 5.49. The van der Waals surface area contributed by atoms with Crippen molar-refractivity contribution in [1.29, 1.82) is 0 Å². The number of aryl methyl sites for hydroxylation is 1. The SMILES string of the molecule is Cc1nc(C2CC2)ncc1C(=O)NCCc1ccccc1. The van der Waals surface area contributed by atoms with Crippen LogP contribution in [0.1, 0.15) is 46.2 Å². The summed E-state index contributed by atoms with van der Waals surface area (Å²) in [5.74, 6) is 1.30. The van der Waals surface area contributed by atoms with E-state index in [1.807, 2.05) is 25.1 Å². The number of nitrogens with zero attached hydrogens (tertiary/aromatic N) is 2. The summed E-state index contributed by atoms with van der Waals surface area (Å²) in [6.07, 6.45) is 4.82. The van der Waals surface area contributed by atoms with Gasteiger partial charge in [0.15, 0.2) is 0 Å². The lowest BCUT2D eigenvalue weighted by molar-refractivity contribution is 0.0952. The molecule has 0 bridgehead atoms. The van der Waals surface area contributed by atoms with Crippen LogP contribution in [-0.4, -0.2) is 22.4 Å². The fraction of sp³-hybridized carbons (Fsp3) is 0.353. The highest BCUT2D eigenvalue weighted by Gasteiger charge is 2.27. The van der Waals surface area contributed by atoms with Crippen LogP contribution in [0.25, 0.3) is 0 Å². The first-order valence-electron chi connectivity index (χ1n) is 7.39. The number of carbonyl (C=O) groups is 1. The molecule has 1 aliphatic rings. The zero-order chi connectivity index (χ0) is 14.7. The number of rotatable bonds is 5. The predicted molar refractivity (Wildman–Crippen MR) is 81.2 cm³/mol. The minimum atomic E-state index is -0.0919. The maximum atomic E-state index is 12.2. The Kier molecular flexibility index (Phi) is 3.95. The molecule has 21 heavy (non-hydrogen) atoms. The van der Waals surface area contributed by atoms with E-state index in [2.05, 4.69) is 27.4 Å². The highest BCUT2D eigenvalue weighted by Crippen LogP contribution is 2.37. The lowest BCUT2D eigenvalue weighted by atomic mass is 10.1. The number of nitrogens with one attached hydrogen (secondary N) is 1. The first kappa shape index (κ1) is 13.7. The van der Waals surface area contributed by atoms with E-state index in [4.69, 9.17) is 0 Å². The summed E-state index contributed by atoms with van der Waals surface area (Å²) >= 11 is 0. The molecule has 1 N–H and O–H groups in total. The smallest absolute Gasteiger partial charge is 0.254 e. The average Bonchev–Trinajstić information content (AvgIpc) is 3.33. The molecule has 108 valence electrons. The Morgan fingerprint density at radius 1 is 1.29 bits per heavy atom. The second kappa shape index (κ2) is 6.04. The Morgan fingerprint density at radius 3 is 2.71 bits per heavy atom. The van der Waals surface area contributed by atoms with Crippen molar-refractivity contribution < 1.29 is 4.79 Å². The molecule has 1 aromatic carbocycles. The molecule has 0 unspecified atom stereocenters. The molecular formula is C17H19N3O. The van der Waals surface area contributed by atoms with Crippen LogP contribution < -0.4 is 5.32 Å². The van der Waals surface area contributed by atoms with Crippen LogP contribution in [0.3, 0.4) is 0 Å². The van der Waals surface area contributed by atoms with Gasteiger partial charge in [0.2, 0.25) is 0 Å². The van der Waals surface area contributed by atoms with E-state index in [0.29, 0.717) is 18.0 Å². The zero-order valence-corrected chi connectivity index (χ0v) is 12.2. The first-order chi connectivity index (χ1) is 10.2. The van der Waals surface area contributed by atoms with Crippen molar-refractivity contribution in [2.45, 2.75) is 32.1 Å². The van der Waals surface area contributed by atoms with Gasteiger partial charge in [-0.15, -0.1) is 0 Å². The molecule has 1 amide bonds. The van der Waals surface area contributed by atoms with E-state index in [0.717, 1.165) is 17.9 Å². The fourth-order valence-electron chi connectivity index (χ4n) is 2.31. The van der Waals surface area contributed by atoms with Gasteiger partial charge in [-0.2, -0.15) is 0 Å². The third-order valence-electron chi connectivity index (χ3n) is 3.73. The topological polar surface area (TPSA) is 54.9 Å². The summed E-state index contributed by atoms with van der Waals surface area (Å²) < 4.78 is 0. The van der Waals surface area contributed by atoms with Gasteiger partial charge in [-0.1, -0.05) is 30.3 Å². The quantitative estimate of drug-likeness (QED) is 0.916. The number of benzene rings is 1. The van der Waals surface area contributed by atoms with E-state index in [1.54, 1.807) is 6.20 Å². The molecule has 2 aromatic rings. The average molecular weight is 281 g/mol. The number of hydrogen-bond acceptors (Lipinski definition) is 3. The Bertz CT molecular complexity index is 636. The summed E-state index contributed by atoms with van der Waals surface area (Å²) in [6, 6.07) is 10.1. The summed E-state index contributed by atoms with van der Waals surface area (Å²) in [4.78, 5) is 20.9. The van der Waals surface area contributed by atoms with Gasteiger partial charge in [-0.05, 0) is 31.7 Å². The lowest BCUT2D eigenvalue weighted by Gasteiger charge is -2.08. The Hall–Kier alpha value is -2.23. The van der Waals surface area contributed by atoms with Crippen molar-refractivity contribution >= 4 is 5.91 Å². The maximum Gasteiger partial charge on any atom is 0.254 e. The van der Waals surface area contributed by atoms with E-state index in [9.17, 15) is 4.79 Å². The normalized spacial score (nSPS) is 14.0. The third-order valence-corrected chi connectivity index (χ3v) is 3.73. The van der Waals surface area contributed by atoms with Gasteiger partial charge in [0, 0.05) is 18.7 Å². The second-order valence-electron chi connectivity index (χ2n) is 5.49. The summed E-state index contributed by atoms with van der Waals surface area (Å²) in [6.45, 7) is 2.49. The molecule has 0 spiro atoms. The van der Waals surface area contributed by atoms with Gasteiger partial charge in [0.05, 0.1) is 11.3 Å². The molecule has 0 radical (unpaired) electrons. The van der Waals surface area contributed by atoms with Crippen LogP contribution in [0, 0.1) is 6.92 Å². The minimum absolute atomic E-state index is 0.0919. The highest BCUT2D eigenvalue weighted by atomic mass is 16.1. The molecule has 1 fully saturated rings. The van der Waals surface area contributed by atoms with Gasteiger partial charge in [-0.25, -0.2) is 9.97 Å². The molecule has 1 aromatic heterocycles. The van der Waals surface area contributed by atoms with Crippen LogP contribution in [0.5, 0.6) is 0 Å². The highest BCUT2D eigenvalue weighted by molar-refractivity contribution is 5.94. The van der Waals surface area contributed by atoms with Gasteiger partial charge in [-0.3, -0.25) is 4.79 Å². The maximum absolute atomic E-state index is 12.2. The zero-order valence-electron chi connectivity index (χ0n) is 12.2. The Balaban J connectivity index is 1.57. The van der Waals surface area contributed by atoms with Gasteiger partial charge < -0.3 is 5.32 Å². The standard InChI is InChI=1S/C17H19N3O/c1-12-15(11-19-16(20-12)14-7-8-14)17(21)18-10-9-13-5-3-2-4-6-13/h2-6,11,14H,7-10H2,1H3,(H,18,21). The number of aromatic nitrogens is 2. The van der Waals surface area contributed by atoms with Crippen LogP contribution in [0.2, 0.25) is 0 Å².